The smallest absolute Gasteiger partial charge is 0.307 e. The van der Waals surface area contributed by atoms with Gasteiger partial charge in [0.1, 0.15) is 0 Å². The van der Waals surface area contributed by atoms with Crippen molar-refractivity contribution in [2.24, 2.45) is 11.8 Å². The summed E-state index contributed by atoms with van der Waals surface area (Å²) < 4.78 is 5.84. The fourth-order valence-electron chi connectivity index (χ4n) is 3.20. The summed E-state index contributed by atoms with van der Waals surface area (Å²) in [5.41, 5.74) is 2.21. The van der Waals surface area contributed by atoms with E-state index in [1.807, 2.05) is 31.2 Å². The van der Waals surface area contributed by atoms with Crippen LogP contribution in [0.25, 0.3) is 11.3 Å². The lowest BCUT2D eigenvalue weighted by atomic mass is 9.90. The Balaban J connectivity index is 1.69. The van der Waals surface area contributed by atoms with Crippen LogP contribution in [0.3, 0.4) is 0 Å². The van der Waals surface area contributed by atoms with Gasteiger partial charge in [0.2, 0.25) is 5.89 Å². The highest BCUT2D eigenvalue weighted by atomic mass is 16.4. The van der Waals surface area contributed by atoms with Crippen LogP contribution in [0.15, 0.2) is 34.9 Å². The number of aliphatic carboxylic acids is 1. The monoisotopic (exact) mass is 314 g/mol. The largest absolute Gasteiger partial charge is 0.481 e. The topological polar surface area (TPSA) is 66.6 Å². The van der Waals surface area contributed by atoms with Gasteiger partial charge in [-0.05, 0) is 19.3 Å². The molecule has 5 nitrogen and oxygen atoms in total. The summed E-state index contributed by atoms with van der Waals surface area (Å²) in [5.74, 6) is 0.745. The third kappa shape index (κ3) is 3.79. The van der Waals surface area contributed by atoms with Crippen LogP contribution in [-0.2, 0) is 11.3 Å². The van der Waals surface area contributed by atoms with Crippen LogP contribution in [0.5, 0.6) is 0 Å². The fraction of sp³-hybridized carbons (Fsp3) is 0.444. The van der Waals surface area contributed by atoms with Crippen LogP contribution < -0.4 is 0 Å². The third-order valence-electron chi connectivity index (χ3n) is 4.33. The first kappa shape index (κ1) is 15.7. The van der Waals surface area contributed by atoms with E-state index in [1.54, 1.807) is 6.20 Å². The number of carboxylic acids is 1. The molecule has 2 aromatic rings. The Hall–Kier alpha value is -2.14. The van der Waals surface area contributed by atoms with Gasteiger partial charge < -0.3 is 9.52 Å². The van der Waals surface area contributed by atoms with Crippen LogP contribution in [0.2, 0.25) is 0 Å². The van der Waals surface area contributed by atoms with Gasteiger partial charge in [-0.25, -0.2) is 4.98 Å². The molecule has 2 unspecified atom stereocenters. The van der Waals surface area contributed by atoms with E-state index < -0.39 is 5.97 Å². The zero-order valence-electron chi connectivity index (χ0n) is 13.5. The standard InChI is InChI=1S/C18H22N2O3/c1-12-3-5-14(6-4-12)16-8-19-17(23-16)11-20-9-13(2)7-15(10-20)18(21)22/h3-6,8,13,15H,7,9-11H2,1-2H3,(H,21,22). The van der Waals surface area contributed by atoms with Crippen molar-refractivity contribution in [3.05, 3.63) is 41.9 Å². The molecule has 0 spiro atoms. The quantitative estimate of drug-likeness (QED) is 0.938. The van der Waals surface area contributed by atoms with Crippen LogP contribution in [0.1, 0.15) is 24.8 Å². The Morgan fingerprint density at radius 3 is 2.78 bits per heavy atom. The maximum Gasteiger partial charge on any atom is 0.307 e. The third-order valence-corrected chi connectivity index (χ3v) is 4.33. The molecule has 2 atom stereocenters. The van der Waals surface area contributed by atoms with Crippen molar-refractivity contribution < 1.29 is 14.3 Å². The van der Waals surface area contributed by atoms with Gasteiger partial charge in [0.05, 0.1) is 18.7 Å². The molecule has 1 fully saturated rings. The molecule has 5 heteroatoms. The lowest BCUT2D eigenvalue weighted by Gasteiger charge is -2.33. The highest BCUT2D eigenvalue weighted by Crippen LogP contribution is 2.25. The Morgan fingerprint density at radius 1 is 1.35 bits per heavy atom. The molecule has 0 bridgehead atoms. The SMILES string of the molecule is Cc1ccc(-c2cnc(CN3CC(C)CC(C(=O)O)C3)o2)cc1. The fourth-order valence-corrected chi connectivity index (χ4v) is 3.20. The lowest BCUT2D eigenvalue weighted by molar-refractivity contribution is -0.144. The molecule has 2 heterocycles. The predicted octanol–water partition coefficient (Wildman–Crippen LogP) is 3.19. The van der Waals surface area contributed by atoms with Gasteiger partial charge in [-0.15, -0.1) is 0 Å². The van der Waals surface area contributed by atoms with E-state index in [1.165, 1.54) is 5.56 Å². The van der Waals surface area contributed by atoms with E-state index in [9.17, 15) is 9.90 Å². The summed E-state index contributed by atoms with van der Waals surface area (Å²) >= 11 is 0. The molecule has 0 aliphatic carbocycles. The predicted molar refractivity (Wildman–Crippen MR) is 86.9 cm³/mol. The summed E-state index contributed by atoms with van der Waals surface area (Å²) in [6.07, 6.45) is 2.48. The van der Waals surface area contributed by atoms with Crippen molar-refractivity contribution in [1.29, 1.82) is 0 Å². The van der Waals surface area contributed by atoms with Gasteiger partial charge in [0.15, 0.2) is 5.76 Å². The first-order valence-electron chi connectivity index (χ1n) is 7.98. The van der Waals surface area contributed by atoms with Gasteiger partial charge in [-0.1, -0.05) is 36.8 Å². The molecule has 0 saturated carbocycles. The molecule has 1 N–H and O–H groups in total. The number of aromatic nitrogens is 1. The lowest BCUT2D eigenvalue weighted by Crippen LogP contribution is -2.42. The van der Waals surface area contributed by atoms with E-state index in [2.05, 4.69) is 16.8 Å². The molecule has 122 valence electrons. The highest BCUT2D eigenvalue weighted by molar-refractivity contribution is 5.70. The summed E-state index contributed by atoms with van der Waals surface area (Å²) in [6, 6.07) is 8.12. The highest BCUT2D eigenvalue weighted by Gasteiger charge is 2.30. The zero-order chi connectivity index (χ0) is 16.4. The van der Waals surface area contributed by atoms with Gasteiger partial charge >= 0.3 is 5.97 Å². The number of benzene rings is 1. The Bertz CT molecular complexity index is 678. The molecular formula is C18H22N2O3. The number of likely N-dealkylation sites (tertiary alicyclic amines) is 1. The van der Waals surface area contributed by atoms with E-state index in [-0.39, 0.29) is 5.92 Å². The molecule has 23 heavy (non-hydrogen) atoms. The molecular weight excluding hydrogens is 292 g/mol. The van der Waals surface area contributed by atoms with Crippen LogP contribution >= 0.6 is 0 Å². The number of carboxylic acid groups (broad SMARTS) is 1. The molecule has 3 rings (SSSR count). The number of oxazole rings is 1. The summed E-state index contributed by atoms with van der Waals surface area (Å²) in [6.45, 7) is 6.13. The van der Waals surface area contributed by atoms with Crippen molar-refractivity contribution in [1.82, 2.24) is 9.88 Å². The first-order chi connectivity index (χ1) is 11.0. The van der Waals surface area contributed by atoms with E-state index >= 15 is 0 Å². The number of carbonyl (C=O) groups is 1. The number of piperidine rings is 1. The average molecular weight is 314 g/mol. The maximum absolute atomic E-state index is 11.2. The van der Waals surface area contributed by atoms with Gasteiger partial charge in [0, 0.05) is 18.7 Å². The van der Waals surface area contributed by atoms with Crippen LogP contribution in [0, 0.1) is 18.8 Å². The Kier molecular flexibility index (Phi) is 4.48. The first-order valence-corrected chi connectivity index (χ1v) is 7.98. The minimum Gasteiger partial charge on any atom is -0.481 e. The molecule has 1 aliphatic heterocycles. The van der Waals surface area contributed by atoms with Crippen molar-refractivity contribution in [2.75, 3.05) is 13.1 Å². The molecule has 1 aliphatic rings. The second kappa shape index (κ2) is 6.54. The Morgan fingerprint density at radius 2 is 2.09 bits per heavy atom. The van der Waals surface area contributed by atoms with E-state index in [0.717, 1.165) is 24.3 Å². The minimum atomic E-state index is -0.714. The van der Waals surface area contributed by atoms with Crippen molar-refractivity contribution in [3.63, 3.8) is 0 Å². The van der Waals surface area contributed by atoms with Gasteiger partial charge in [0.25, 0.3) is 0 Å². The van der Waals surface area contributed by atoms with E-state index in [4.69, 9.17) is 4.42 Å². The second-order valence-electron chi connectivity index (χ2n) is 6.55. The summed E-state index contributed by atoms with van der Waals surface area (Å²) in [7, 11) is 0. The average Bonchev–Trinajstić information content (AvgIpc) is 2.95. The zero-order valence-corrected chi connectivity index (χ0v) is 13.5. The van der Waals surface area contributed by atoms with Gasteiger partial charge in [-0.3, -0.25) is 9.69 Å². The Labute approximate surface area is 135 Å². The molecule has 0 radical (unpaired) electrons. The maximum atomic E-state index is 11.2. The number of hydrogen-bond acceptors (Lipinski definition) is 4. The number of rotatable bonds is 4. The van der Waals surface area contributed by atoms with Gasteiger partial charge in [-0.2, -0.15) is 0 Å². The molecule has 1 saturated heterocycles. The number of nitrogens with zero attached hydrogens (tertiary/aromatic N) is 2. The normalized spacial score (nSPS) is 22.2. The van der Waals surface area contributed by atoms with E-state index in [0.29, 0.717) is 24.9 Å². The second-order valence-corrected chi connectivity index (χ2v) is 6.55. The molecule has 1 aromatic heterocycles. The number of hydrogen-bond donors (Lipinski definition) is 1. The van der Waals surface area contributed by atoms with Crippen molar-refractivity contribution in [2.45, 2.75) is 26.8 Å². The van der Waals surface area contributed by atoms with Crippen LogP contribution in [0.4, 0.5) is 0 Å². The molecule has 0 amide bonds. The van der Waals surface area contributed by atoms with Crippen molar-refractivity contribution >= 4 is 5.97 Å². The number of aryl methyl sites for hydroxylation is 1. The summed E-state index contributed by atoms with van der Waals surface area (Å²) in [5, 5.41) is 9.25. The minimum absolute atomic E-state index is 0.301. The summed E-state index contributed by atoms with van der Waals surface area (Å²) in [4.78, 5) is 17.7. The molecule has 1 aromatic carbocycles. The van der Waals surface area contributed by atoms with Crippen molar-refractivity contribution in [3.8, 4) is 11.3 Å². The van der Waals surface area contributed by atoms with Crippen LogP contribution in [-0.4, -0.2) is 34.0 Å².